The zero-order valence-corrected chi connectivity index (χ0v) is 7.54. The molecule has 0 saturated carbocycles. The molecule has 1 atom stereocenters. The number of aromatic nitrogens is 2. The normalized spacial score (nSPS) is 12.8. The average Bonchev–Trinajstić information content (AvgIpc) is 2.03. The highest BCUT2D eigenvalue weighted by atomic mass is 32.1. The second kappa shape index (κ2) is 3.62. The molecule has 0 aliphatic carbocycles. The summed E-state index contributed by atoms with van der Waals surface area (Å²) in [4.78, 5) is 24.0. The molecule has 0 amide bonds. The van der Waals surface area contributed by atoms with E-state index in [1.165, 1.54) is 16.8 Å². The van der Waals surface area contributed by atoms with E-state index in [-0.39, 0.29) is 17.3 Å². The van der Waals surface area contributed by atoms with Gasteiger partial charge < -0.3 is 0 Å². The lowest BCUT2D eigenvalue weighted by Crippen LogP contribution is -2.31. The third-order valence-electron chi connectivity index (χ3n) is 1.59. The monoisotopic (exact) mass is 186 g/mol. The molecule has 5 heteroatoms. The van der Waals surface area contributed by atoms with E-state index in [1.807, 2.05) is 6.92 Å². The van der Waals surface area contributed by atoms with Gasteiger partial charge in [-0.3, -0.25) is 14.3 Å². The topological polar surface area (TPSA) is 54.9 Å². The number of H-pyrrole nitrogens is 1. The first-order valence-corrected chi connectivity index (χ1v) is 4.20. The number of nitrogens with one attached hydrogen (secondary N) is 1. The Hall–Kier alpha value is -0.970. The van der Waals surface area contributed by atoms with Crippen LogP contribution in [0.2, 0.25) is 0 Å². The smallest absolute Gasteiger partial charge is 0.297 e. The van der Waals surface area contributed by atoms with Crippen LogP contribution in [0.3, 0.4) is 0 Å². The lowest BCUT2D eigenvalue weighted by atomic mass is 10.4. The van der Waals surface area contributed by atoms with Crippen LogP contribution in [-0.2, 0) is 0 Å². The van der Waals surface area contributed by atoms with Crippen molar-refractivity contribution in [1.82, 2.24) is 9.55 Å². The molecule has 1 unspecified atom stereocenters. The van der Waals surface area contributed by atoms with Gasteiger partial charge in [-0.15, -0.1) is 0 Å². The van der Waals surface area contributed by atoms with Crippen LogP contribution in [0.4, 0.5) is 0 Å². The van der Waals surface area contributed by atoms with E-state index in [1.54, 1.807) is 0 Å². The fraction of sp³-hybridized carbons (Fsp3) is 0.429. The summed E-state index contributed by atoms with van der Waals surface area (Å²) >= 11 is 4.05. The molecule has 0 bridgehead atoms. The summed E-state index contributed by atoms with van der Waals surface area (Å²) in [5.41, 5.74) is -0.758. The van der Waals surface area contributed by atoms with Crippen molar-refractivity contribution in [3.8, 4) is 0 Å². The molecule has 1 rings (SSSR count). The highest BCUT2D eigenvalue weighted by Gasteiger charge is 2.03. The van der Waals surface area contributed by atoms with Crippen LogP contribution < -0.4 is 11.2 Å². The minimum absolute atomic E-state index is 0.00215. The lowest BCUT2D eigenvalue weighted by Gasteiger charge is -2.09. The van der Waals surface area contributed by atoms with Crippen molar-refractivity contribution in [2.24, 2.45) is 0 Å². The standard InChI is InChI=1S/C7H10N2O2S/c1-5(4-12)9-3-2-6(10)8-7(9)11/h2-3,5,12H,4H2,1H3,(H,8,10,11). The molecule has 1 N–H and O–H groups in total. The SMILES string of the molecule is CC(CS)n1ccc(=O)[nH]c1=O. The van der Waals surface area contributed by atoms with Crippen LogP contribution in [0.5, 0.6) is 0 Å². The number of aromatic amines is 1. The zero-order valence-electron chi connectivity index (χ0n) is 6.65. The quantitative estimate of drug-likeness (QED) is 0.640. The molecule has 1 aromatic heterocycles. The van der Waals surface area contributed by atoms with Gasteiger partial charge in [-0.05, 0) is 6.92 Å². The van der Waals surface area contributed by atoms with E-state index in [4.69, 9.17) is 0 Å². The van der Waals surface area contributed by atoms with Crippen LogP contribution in [0.1, 0.15) is 13.0 Å². The lowest BCUT2D eigenvalue weighted by molar-refractivity contribution is 0.570. The molecule has 1 heterocycles. The number of thiol groups is 1. The molecule has 0 radical (unpaired) electrons. The molecule has 4 nitrogen and oxygen atoms in total. The first-order chi connectivity index (χ1) is 5.65. The summed E-state index contributed by atoms with van der Waals surface area (Å²) in [6.45, 7) is 1.85. The van der Waals surface area contributed by atoms with Crippen molar-refractivity contribution in [1.29, 1.82) is 0 Å². The Morgan fingerprint density at radius 2 is 2.33 bits per heavy atom. The Labute approximate surface area is 74.7 Å². The van der Waals surface area contributed by atoms with Crippen LogP contribution in [-0.4, -0.2) is 15.3 Å². The molecular weight excluding hydrogens is 176 g/mol. The summed E-state index contributed by atoms with van der Waals surface area (Å²) in [5, 5.41) is 0. The largest absolute Gasteiger partial charge is 0.328 e. The van der Waals surface area contributed by atoms with Gasteiger partial charge in [0.05, 0.1) is 0 Å². The second-order valence-electron chi connectivity index (χ2n) is 2.55. The van der Waals surface area contributed by atoms with E-state index in [0.29, 0.717) is 5.75 Å². The Bertz CT molecular complexity index is 368. The van der Waals surface area contributed by atoms with Crippen molar-refractivity contribution in [3.63, 3.8) is 0 Å². The maximum atomic E-state index is 11.1. The van der Waals surface area contributed by atoms with Gasteiger partial charge in [0.25, 0.3) is 5.56 Å². The average molecular weight is 186 g/mol. The van der Waals surface area contributed by atoms with Gasteiger partial charge in [0.1, 0.15) is 0 Å². The highest BCUT2D eigenvalue weighted by Crippen LogP contribution is 2.00. The fourth-order valence-corrected chi connectivity index (χ4v) is 1.04. The van der Waals surface area contributed by atoms with E-state index < -0.39 is 0 Å². The van der Waals surface area contributed by atoms with Gasteiger partial charge in [-0.1, -0.05) is 0 Å². The van der Waals surface area contributed by atoms with Crippen LogP contribution in [0.25, 0.3) is 0 Å². The highest BCUT2D eigenvalue weighted by molar-refractivity contribution is 7.80. The van der Waals surface area contributed by atoms with Crippen molar-refractivity contribution in [2.75, 3.05) is 5.75 Å². The first-order valence-electron chi connectivity index (χ1n) is 3.57. The first kappa shape index (κ1) is 9.12. The predicted molar refractivity (Wildman–Crippen MR) is 49.9 cm³/mol. The summed E-state index contributed by atoms with van der Waals surface area (Å²) in [5.74, 6) is 0.561. The number of hydrogen-bond donors (Lipinski definition) is 2. The molecule has 0 fully saturated rings. The van der Waals surface area contributed by atoms with Gasteiger partial charge in [0.15, 0.2) is 0 Å². The molecule has 0 saturated heterocycles. The summed E-state index contributed by atoms with van der Waals surface area (Å²) < 4.78 is 1.44. The zero-order chi connectivity index (χ0) is 9.14. The van der Waals surface area contributed by atoms with Gasteiger partial charge >= 0.3 is 5.69 Å². The molecule has 66 valence electrons. The van der Waals surface area contributed by atoms with E-state index in [2.05, 4.69) is 17.6 Å². The summed E-state index contributed by atoms with van der Waals surface area (Å²) in [7, 11) is 0. The number of rotatable bonds is 2. The summed E-state index contributed by atoms with van der Waals surface area (Å²) in [6, 6.07) is 1.32. The molecule has 0 aliphatic heterocycles. The summed E-state index contributed by atoms with van der Waals surface area (Å²) in [6.07, 6.45) is 1.47. The molecule has 0 aliphatic rings. The molecular formula is C7H10N2O2S. The molecule has 0 aromatic carbocycles. The Balaban J connectivity index is 3.19. The third kappa shape index (κ3) is 1.79. The van der Waals surface area contributed by atoms with Crippen LogP contribution in [0.15, 0.2) is 21.9 Å². The third-order valence-corrected chi connectivity index (χ3v) is 2.12. The minimum Gasteiger partial charge on any atom is -0.297 e. The second-order valence-corrected chi connectivity index (χ2v) is 2.91. The van der Waals surface area contributed by atoms with Crippen molar-refractivity contribution in [2.45, 2.75) is 13.0 Å². The van der Waals surface area contributed by atoms with Crippen molar-refractivity contribution < 1.29 is 0 Å². The van der Waals surface area contributed by atoms with Crippen LogP contribution >= 0.6 is 12.6 Å². The van der Waals surface area contributed by atoms with Crippen LogP contribution in [0, 0.1) is 0 Å². The van der Waals surface area contributed by atoms with Gasteiger partial charge in [-0.2, -0.15) is 12.6 Å². The Kier molecular flexibility index (Phi) is 2.75. The van der Waals surface area contributed by atoms with Crippen molar-refractivity contribution in [3.05, 3.63) is 33.1 Å². The van der Waals surface area contributed by atoms with E-state index in [9.17, 15) is 9.59 Å². The maximum Gasteiger partial charge on any atom is 0.328 e. The van der Waals surface area contributed by atoms with E-state index in [0.717, 1.165) is 0 Å². The van der Waals surface area contributed by atoms with E-state index >= 15 is 0 Å². The minimum atomic E-state index is -0.385. The fourth-order valence-electron chi connectivity index (χ4n) is 0.862. The molecule has 0 spiro atoms. The van der Waals surface area contributed by atoms with Gasteiger partial charge in [-0.25, -0.2) is 4.79 Å². The van der Waals surface area contributed by atoms with Gasteiger partial charge in [0.2, 0.25) is 0 Å². The Morgan fingerprint density at radius 3 is 2.83 bits per heavy atom. The molecule has 12 heavy (non-hydrogen) atoms. The van der Waals surface area contributed by atoms with Crippen molar-refractivity contribution >= 4 is 12.6 Å². The Morgan fingerprint density at radius 1 is 1.67 bits per heavy atom. The van der Waals surface area contributed by atoms with Gasteiger partial charge in [0, 0.05) is 24.1 Å². The maximum absolute atomic E-state index is 11.1. The predicted octanol–water partition coefficient (Wildman–Crippen LogP) is 0.0274. The number of hydrogen-bond acceptors (Lipinski definition) is 3. The number of nitrogens with zero attached hydrogens (tertiary/aromatic N) is 1. The molecule has 1 aromatic rings.